The minimum atomic E-state index is -0.0224. The Bertz CT molecular complexity index is 481. The Kier molecular flexibility index (Phi) is 5.38. The molecule has 96 valence electrons. The van der Waals surface area contributed by atoms with Gasteiger partial charge in [0.1, 0.15) is 0 Å². The molecule has 2 N–H and O–H groups in total. The summed E-state index contributed by atoms with van der Waals surface area (Å²) in [6.45, 7) is 0.840. The van der Waals surface area contributed by atoms with Gasteiger partial charge in [0.15, 0.2) is 0 Å². The van der Waals surface area contributed by atoms with Crippen molar-refractivity contribution in [2.45, 2.75) is 12.6 Å². The summed E-state index contributed by atoms with van der Waals surface area (Å²) in [4.78, 5) is 1.23. The molecule has 2 aromatic rings. The Morgan fingerprint density at radius 3 is 2.50 bits per heavy atom. The molecule has 1 atom stereocenters. The molecule has 0 aliphatic heterocycles. The van der Waals surface area contributed by atoms with Crippen molar-refractivity contribution < 1.29 is 5.11 Å². The van der Waals surface area contributed by atoms with E-state index in [1.54, 1.807) is 11.3 Å². The molecule has 0 spiro atoms. The van der Waals surface area contributed by atoms with Gasteiger partial charge in [-0.05, 0) is 43.5 Å². The molecule has 1 aromatic carbocycles. The third-order valence-corrected chi connectivity index (χ3v) is 5.86. The summed E-state index contributed by atoms with van der Waals surface area (Å²) in [6, 6.07) is 12.1. The van der Waals surface area contributed by atoms with E-state index < -0.39 is 0 Å². The van der Waals surface area contributed by atoms with Crippen molar-refractivity contribution in [2.75, 3.05) is 6.61 Å². The fourth-order valence-electron chi connectivity index (χ4n) is 1.68. The largest absolute Gasteiger partial charge is 0.394 e. The molecule has 0 bridgehead atoms. The molecule has 5 heteroatoms. The number of aliphatic hydroxyl groups is 1. The molecule has 18 heavy (non-hydrogen) atoms. The molecular formula is C13H13Br2NOS. The Morgan fingerprint density at radius 2 is 1.94 bits per heavy atom. The Hall–Kier alpha value is -0.200. The van der Waals surface area contributed by atoms with Crippen molar-refractivity contribution >= 4 is 43.2 Å². The van der Waals surface area contributed by atoms with E-state index in [2.05, 4.69) is 43.2 Å². The minimum Gasteiger partial charge on any atom is -0.394 e. The standard InChI is InChI=1S/C13H13Br2NOS/c14-11-6-10(18-13(11)15)7-16-12(8-17)9-4-2-1-3-5-9/h1-6,12,16-17H,7-8H2/t12-/m1/s1. The van der Waals surface area contributed by atoms with Crippen LogP contribution < -0.4 is 5.32 Å². The van der Waals surface area contributed by atoms with E-state index in [9.17, 15) is 5.11 Å². The first-order chi connectivity index (χ1) is 8.70. The van der Waals surface area contributed by atoms with Crippen LogP contribution >= 0.6 is 43.2 Å². The van der Waals surface area contributed by atoms with Crippen molar-refractivity contribution in [2.24, 2.45) is 0 Å². The quantitative estimate of drug-likeness (QED) is 0.805. The zero-order valence-corrected chi connectivity index (χ0v) is 13.6. The van der Waals surface area contributed by atoms with Gasteiger partial charge >= 0.3 is 0 Å². The van der Waals surface area contributed by atoms with Gasteiger partial charge in [0.05, 0.1) is 16.4 Å². The number of hydrogen-bond acceptors (Lipinski definition) is 3. The van der Waals surface area contributed by atoms with Gasteiger partial charge in [-0.1, -0.05) is 30.3 Å². The van der Waals surface area contributed by atoms with E-state index in [1.807, 2.05) is 30.3 Å². The van der Waals surface area contributed by atoms with Crippen LogP contribution in [-0.4, -0.2) is 11.7 Å². The number of halogens is 2. The van der Waals surface area contributed by atoms with Crippen LogP contribution in [0.5, 0.6) is 0 Å². The van der Waals surface area contributed by atoms with E-state index in [4.69, 9.17) is 0 Å². The van der Waals surface area contributed by atoms with Crippen molar-refractivity contribution in [1.29, 1.82) is 0 Å². The average molecular weight is 391 g/mol. The van der Waals surface area contributed by atoms with Crippen LogP contribution in [0.2, 0.25) is 0 Å². The fraction of sp³-hybridized carbons (Fsp3) is 0.231. The van der Waals surface area contributed by atoms with Crippen LogP contribution in [0.4, 0.5) is 0 Å². The van der Waals surface area contributed by atoms with E-state index in [1.165, 1.54) is 4.88 Å². The van der Waals surface area contributed by atoms with Crippen LogP contribution in [0, 0.1) is 0 Å². The van der Waals surface area contributed by atoms with Crippen LogP contribution in [-0.2, 0) is 6.54 Å². The second-order valence-electron chi connectivity index (χ2n) is 3.86. The molecule has 0 radical (unpaired) electrons. The maximum atomic E-state index is 9.44. The lowest BCUT2D eigenvalue weighted by Gasteiger charge is -2.15. The van der Waals surface area contributed by atoms with E-state index >= 15 is 0 Å². The first-order valence-electron chi connectivity index (χ1n) is 5.53. The van der Waals surface area contributed by atoms with Crippen LogP contribution in [0.15, 0.2) is 44.7 Å². The lowest BCUT2D eigenvalue weighted by atomic mass is 10.1. The highest BCUT2D eigenvalue weighted by molar-refractivity contribution is 9.13. The summed E-state index contributed by atoms with van der Waals surface area (Å²) in [5.41, 5.74) is 1.11. The van der Waals surface area contributed by atoms with Gasteiger partial charge in [0.2, 0.25) is 0 Å². The van der Waals surface area contributed by atoms with Gasteiger partial charge in [-0.15, -0.1) is 11.3 Å². The highest BCUT2D eigenvalue weighted by Crippen LogP contribution is 2.32. The smallest absolute Gasteiger partial charge is 0.0843 e. The zero-order valence-electron chi connectivity index (χ0n) is 9.57. The number of nitrogens with one attached hydrogen (secondary N) is 1. The van der Waals surface area contributed by atoms with Gasteiger partial charge in [-0.3, -0.25) is 0 Å². The Labute approximate surface area is 127 Å². The van der Waals surface area contributed by atoms with Crippen LogP contribution in [0.25, 0.3) is 0 Å². The number of hydrogen-bond donors (Lipinski definition) is 2. The van der Waals surface area contributed by atoms with E-state index in [0.717, 1.165) is 20.4 Å². The molecule has 0 amide bonds. The third kappa shape index (κ3) is 3.65. The maximum absolute atomic E-state index is 9.44. The van der Waals surface area contributed by atoms with Gasteiger partial charge < -0.3 is 10.4 Å². The van der Waals surface area contributed by atoms with Gasteiger partial charge in [-0.2, -0.15) is 0 Å². The second-order valence-corrected chi connectivity index (χ2v) is 7.17. The normalized spacial score (nSPS) is 12.6. The lowest BCUT2D eigenvalue weighted by molar-refractivity contribution is 0.244. The first-order valence-corrected chi connectivity index (χ1v) is 7.94. The SMILES string of the molecule is OC[C@@H](NCc1cc(Br)c(Br)s1)c1ccccc1. The summed E-state index contributed by atoms with van der Waals surface area (Å²) in [6.07, 6.45) is 0. The van der Waals surface area contributed by atoms with Gasteiger partial charge in [0, 0.05) is 15.9 Å². The Balaban J connectivity index is 1.99. The molecule has 0 aliphatic carbocycles. The number of aliphatic hydroxyl groups excluding tert-OH is 1. The molecule has 0 saturated carbocycles. The summed E-state index contributed by atoms with van der Waals surface area (Å²) in [5.74, 6) is 0. The monoisotopic (exact) mass is 389 g/mol. The molecule has 0 aliphatic rings. The van der Waals surface area contributed by atoms with E-state index in [0.29, 0.717) is 0 Å². The lowest BCUT2D eigenvalue weighted by Crippen LogP contribution is -2.23. The number of benzene rings is 1. The molecule has 1 aromatic heterocycles. The number of thiophene rings is 1. The molecule has 2 nitrogen and oxygen atoms in total. The molecule has 0 unspecified atom stereocenters. The molecule has 0 saturated heterocycles. The van der Waals surface area contributed by atoms with Crippen molar-refractivity contribution in [3.05, 3.63) is 55.1 Å². The molecule has 2 rings (SSSR count). The fourth-order valence-corrected chi connectivity index (χ4v) is 3.80. The molecule has 1 heterocycles. The van der Waals surface area contributed by atoms with E-state index in [-0.39, 0.29) is 12.6 Å². The predicted octanol–water partition coefficient (Wildman–Crippen LogP) is 4.10. The average Bonchev–Trinajstić information content (AvgIpc) is 2.71. The van der Waals surface area contributed by atoms with Crippen LogP contribution in [0.1, 0.15) is 16.5 Å². The van der Waals surface area contributed by atoms with Crippen molar-refractivity contribution in [1.82, 2.24) is 5.32 Å². The second kappa shape index (κ2) is 6.82. The zero-order chi connectivity index (χ0) is 13.0. The van der Waals surface area contributed by atoms with Gasteiger partial charge in [0.25, 0.3) is 0 Å². The number of rotatable bonds is 5. The summed E-state index contributed by atoms with van der Waals surface area (Å²) < 4.78 is 2.17. The minimum absolute atomic E-state index is 0.0224. The first kappa shape index (κ1) is 14.2. The topological polar surface area (TPSA) is 32.3 Å². The highest BCUT2D eigenvalue weighted by Gasteiger charge is 2.10. The third-order valence-electron chi connectivity index (χ3n) is 2.60. The predicted molar refractivity (Wildman–Crippen MR) is 82.8 cm³/mol. The molecular weight excluding hydrogens is 378 g/mol. The van der Waals surface area contributed by atoms with Gasteiger partial charge in [-0.25, -0.2) is 0 Å². The Morgan fingerprint density at radius 1 is 1.22 bits per heavy atom. The van der Waals surface area contributed by atoms with Crippen molar-refractivity contribution in [3.63, 3.8) is 0 Å². The summed E-state index contributed by atoms with van der Waals surface area (Å²) >= 11 is 8.64. The van der Waals surface area contributed by atoms with Crippen molar-refractivity contribution in [3.8, 4) is 0 Å². The maximum Gasteiger partial charge on any atom is 0.0843 e. The van der Waals surface area contributed by atoms with Crippen LogP contribution in [0.3, 0.4) is 0 Å². The summed E-state index contributed by atoms with van der Waals surface area (Å²) in [5, 5.41) is 12.8. The molecule has 0 fully saturated rings. The summed E-state index contributed by atoms with van der Waals surface area (Å²) in [7, 11) is 0. The highest BCUT2D eigenvalue weighted by atomic mass is 79.9.